The standard InChI is InChI=1S/C20H24FN3O2S.HI/c1-2-22-20(24-13-11-16-7-3-4-8-17(16)15-24)23-12-14-27(25,26)19-10-6-5-9-18(19)21;/h3-10H,2,11-15H2,1H3,(H,22,23);1H. The van der Waals surface area contributed by atoms with Crippen molar-refractivity contribution in [2.75, 3.05) is 25.4 Å². The molecule has 0 bridgehead atoms. The minimum absolute atomic E-state index is 0. The van der Waals surface area contributed by atoms with Crippen molar-refractivity contribution in [3.8, 4) is 0 Å². The van der Waals surface area contributed by atoms with Crippen LogP contribution in [-0.2, 0) is 22.8 Å². The predicted octanol–water partition coefficient (Wildman–Crippen LogP) is 3.24. The average Bonchev–Trinajstić information content (AvgIpc) is 2.67. The van der Waals surface area contributed by atoms with Crippen LogP contribution in [0.5, 0.6) is 0 Å². The molecule has 0 unspecified atom stereocenters. The fourth-order valence-electron chi connectivity index (χ4n) is 3.18. The largest absolute Gasteiger partial charge is 0.357 e. The Morgan fingerprint density at radius 3 is 2.54 bits per heavy atom. The first-order valence-corrected chi connectivity index (χ1v) is 10.7. The Bertz CT molecular complexity index is 935. The Hall–Kier alpha value is -1.68. The molecule has 1 aliphatic heterocycles. The van der Waals surface area contributed by atoms with Gasteiger partial charge < -0.3 is 10.2 Å². The van der Waals surface area contributed by atoms with Crippen molar-refractivity contribution >= 4 is 39.8 Å². The molecule has 0 aliphatic carbocycles. The third kappa shape index (κ3) is 5.44. The van der Waals surface area contributed by atoms with Crippen LogP contribution in [0.2, 0.25) is 0 Å². The number of nitrogens with zero attached hydrogens (tertiary/aromatic N) is 2. The summed E-state index contributed by atoms with van der Waals surface area (Å²) in [4.78, 5) is 6.34. The van der Waals surface area contributed by atoms with E-state index in [9.17, 15) is 12.8 Å². The molecule has 0 spiro atoms. The Labute approximate surface area is 183 Å². The van der Waals surface area contributed by atoms with Gasteiger partial charge in [0.05, 0.1) is 12.3 Å². The smallest absolute Gasteiger partial charge is 0.194 e. The second-order valence-corrected chi connectivity index (χ2v) is 8.50. The van der Waals surface area contributed by atoms with Gasteiger partial charge in [-0.15, -0.1) is 24.0 Å². The fourth-order valence-corrected chi connectivity index (χ4v) is 4.38. The highest BCUT2D eigenvalue weighted by Crippen LogP contribution is 2.19. The zero-order valence-electron chi connectivity index (χ0n) is 15.8. The highest BCUT2D eigenvalue weighted by Gasteiger charge is 2.20. The van der Waals surface area contributed by atoms with Crippen LogP contribution in [0.15, 0.2) is 58.4 Å². The first-order valence-electron chi connectivity index (χ1n) is 9.08. The summed E-state index contributed by atoms with van der Waals surface area (Å²) in [5.74, 6) is -0.260. The topological polar surface area (TPSA) is 61.8 Å². The van der Waals surface area contributed by atoms with Crippen molar-refractivity contribution < 1.29 is 12.8 Å². The van der Waals surface area contributed by atoms with Gasteiger partial charge in [0.2, 0.25) is 0 Å². The van der Waals surface area contributed by atoms with Gasteiger partial charge in [0.15, 0.2) is 15.8 Å². The number of rotatable bonds is 5. The van der Waals surface area contributed by atoms with E-state index < -0.39 is 15.7 Å². The SMILES string of the molecule is CCNC(=NCCS(=O)(=O)c1ccccc1F)N1CCc2ccccc2C1.I. The maximum Gasteiger partial charge on any atom is 0.194 e. The Balaban J connectivity index is 0.00000280. The van der Waals surface area contributed by atoms with E-state index in [-0.39, 0.29) is 41.2 Å². The predicted molar refractivity (Wildman–Crippen MR) is 120 cm³/mol. The van der Waals surface area contributed by atoms with Gasteiger partial charge in [0.1, 0.15) is 10.7 Å². The molecule has 152 valence electrons. The number of sulfone groups is 1. The lowest BCUT2D eigenvalue weighted by Gasteiger charge is -2.31. The van der Waals surface area contributed by atoms with Crippen molar-refractivity contribution in [2.24, 2.45) is 4.99 Å². The number of hydrogen-bond acceptors (Lipinski definition) is 3. The van der Waals surface area contributed by atoms with E-state index in [2.05, 4.69) is 27.3 Å². The van der Waals surface area contributed by atoms with Crippen LogP contribution in [0.25, 0.3) is 0 Å². The zero-order valence-corrected chi connectivity index (χ0v) is 18.9. The van der Waals surface area contributed by atoms with E-state index >= 15 is 0 Å². The number of guanidine groups is 1. The molecular weight excluding hydrogens is 492 g/mol. The number of nitrogens with one attached hydrogen (secondary N) is 1. The first kappa shape index (κ1) is 22.6. The molecule has 28 heavy (non-hydrogen) atoms. The normalized spacial score (nSPS) is 14.2. The lowest BCUT2D eigenvalue weighted by atomic mass is 10.0. The van der Waals surface area contributed by atoms with Crippen molar-refractivity contribution in [3.63, 3.8) is 0 Å². The average molecular weight is 517 g/mol. The van der Waals surface area contributed by atoms with Gasteiger partial charge in [-0.25, -0.2) is 12.8 Å². The monoisotopic (exact) mass is 517 g/mol. The Morgan fingerprint density at radius 2 is 1.82 bits per heavy atom. The highest BCUT2D eigenvalue weighted by atomic mass is 127. The van der Waals surface area contributed by atoms with Crippen LogP contribution >= 0.6 is 24.0 Å². The van der Waals surface area contributed by atoms with Crippen molar-refractivity contribution in [2.45, 2.75) is 24.8 Å². The van der Waals surface area contributed by atoms with Crippen LogP contribution in [-0.4, -0.2) is 44.7 Å². The summed E-state index contributed by atoms with van der Waals surface area (Å²) in [6, 6.07) is 13.8. The van der Waals surface area contributed by atoms with Gasteiger partial charge in [-0.2, -0.15) is 0 Å². The minimum atomic E-state index is -3.71. The molecule has 0 radical (unpaired) electrons. The summed E-state index contributed by atoms with van der Waals surface area (Å²) < 4.78 is 38.6. The molecule has 0 aromatic heterocycles. The van der Waals surface area contributed by atoms with Gasteiger partial charge in [-0.3, -0.25) is 4.99 Å². The Kier molecular flexibility index (Phi) is 8.23. The van der Waals surface area contributed by atoms with Gasteiger partial charge in [0.25, 0.3) is 0 Å². The maximum atomic E-state index is 13.8. The molecule has 0 amide bonds. The van der Waals surface area contributed by atoms with Crippen LogP contribution in [0, 0.1) is 5.82 Å². The Morgan fingerprint density at radius 1 is 1.14 bits per heavy atom. The molecule has 5 nitrogen and oxygen atoms in total. The summed E-state index contributed by atoms with van der Waals surface area (Å²) in [6.07, 6.45) is 0.925. The third-order valence-electron chi connectivity index (χ3n) is 4.56. The number of hydrogen-bond donors (Lipinski definition) is 1. The van der Waals surface area contributed by atoms with Gasteiger partial charge >= 0.3 is 0 Å². The third-order valence-corrected chi connectivity index (χ3v) is 6.28. The molecular formula is C20H25FIN3O2S. The first-order chi connectivity index (χ1) is 13.0. The number of benzene rings is 2. The zero-order chi connectivity index (χ0) is 19.3. The van der Waals surface area contributed by atoms with Crippen LogP contribution in [0.3, 0.4) is 0 Å². The minimum Gasteiger partial charge on any atom is -0.357 e. The molecule has 2 aromatic rings. The van der Waals surface area contributed by atoms with Crippen LogP contribution in [0.1, 0.15) is 18.1 Å². The van der Waals surface area contributed by atoms with Crippen molar-refractivity contribution in [3.05, 3.63) is 65.5 Å². The molecule has 3 rings (SSSR count). The summed E-state index contributed by atoms with van der Waals surface area (Å²) in [6.45, 7) is 4.31. The summed E-state index contributed by atoms with van der Waals surface area (Å²) >= 11 is 0. The maximum absolute atomic E-state index is 13.8. The van der Waals surface area contributed by atoms with Gasteiger partial charge in [0, 0.05) is 19.6 Å². The molecule has 1 heterocycles. The summed E-state index contributed by atoms with van der Waals surface area (Å²) in [5.41, 5.74) is 2.60. The molecule has 0 saturated heterocycles. The lowest BCUT2D eigenvalue weighted by molar-refractivity contribution is 0.379. The number of halogens is 2. The quantitative estimate of drug-likeness (QED) is 0.376. The van der Waals surface area contributed by atoms with Gasteiger partial charge in [-0.05, 0) is 36.6 Å². The molecule has 8 heteroatoms. The van der Waals surface area contributed by atoms with E-state index in [1.165, 1.54) is 29.3 Å². The number of fused-ring (bicyclic) bond motifs is 1. The van der Waals surface area contributed by atoms with E-state index in [0.717, 1.165) is 25.6 Å². The molecule has 1 aliphatic rings. The van der Waals surface area contributed by atoms with Crippen molar-refractivity contribution in [1.82, 2.24) is 10.2 Å². The molecule has 0 saturated carbocycles. The van der Waals surface area contributed by atoms with Gasteiger partial charge in [-0.1, -0.05) is 36.4 Å². The lowest BCUT2D eigenvalue weighted by Crippen LogP contribution is -2.44. The van der Waals surface area contributed by atoms with Crippen LogP contribution < -0.4 is 5.32 Å². The molecule has 1 N–H and O–H groups in total. The second kappa shape index (κ2) is 10.2. The summed E-state index contributed by atoms with van der Waals surface area (Å²) in [5, 5.41) is 3.23. The highest BCUT2D eigenvalue weighted by molar-refractivity contribution is 14.0. The van der Waals surface area contributed by atoms with E-state index in [0.29, 0.717) is 12.5 Å². The summed E-state index contributed by atoms with van der Waals surface area (Å²) in [7, 11) is -3.71. The van der Waals surface area contributed by atoms with E-state index in [1.54, 1.807) is 0 Å². The second-order valence-electron chi connectivity index (χ2n) is 6.43. The van der Waals surface area contributed by atoms with Crippen LogP contribution in [0.4, 0.5) is 4.39 Å². The number of aliphatic imine (C=N–C) groups is 1. The molecule has 0 fully saturated rings. The molecule has 2 aromatic carbocycles. The molecule has 0 atom stereocenters. The van der Waals surface area contributed by atoms with Crippen molar-refractivity contribution in [1.29, 1.82) is 0 Å². The fraction of sp³-hybridized carbons (Fsp3) is 0.350. The van der Waals surface area contributed by atoms with E-state index in [1.807, 2.05) is 19.1 Å². The van der Waals surface area contributed by atoms with E-state index in [4.69, 9.17) is 0 Å².